The van der Waals surface area contributed by atoms with Crippen molar-refractivity contribution in [2.75, 3.05) is 0 Å². The zero-order valence-electron chi connectivity index (χ0n) is 8.37. The van der Waals surface area contributed by atoms with Gasteiger partial charge in [0.25, 0.3) is 0 Å². The molecule has 0 bridgehead atoms. The van der Waals surface area contributed by atoms with Crippen LogP contribution in [-0.2, 0) is 0 Å². The molecule has 0 saturated heterocycles. The van der Waals surface area contributed by atoms with Gasteiger partial charge >= 0.3 is 0 Å². The van der Waals surface area contributed by atoms with Crippen molar-refractivity contribution in [2.45, 2.75) is 0 Å². The van der Waals surface area contributed by atoms with Crippen molar-refractivity contribution in [3.63, 3.8) is 0 Å². The Morgan fingerprint density at radius 2 is 0.938 bits per heavy atom. The molecule has 0 atom stereocenters. The van der Waals surface area contributed by atoms with Crippen molar-refractivity contribution < 1.29 is 0 Å². The molecule has 0 aromatic heterocycles. The number of halogens is 2. The molecule has 0 heterocycles. The summed E-state index contributed by atoms with van der Waals surface area (Å²) in [6, 6.07) is 17.1. The van der Waals surface area contributed by atoms with E-state index >= 15 is 0 Å². The van der Waals surface area contributed by atoms with Crippen LogP contribution < -0.4 is 0 Å². The van der Waals surface area contributed by atoms with Crippen molar-refractivity contribution in [1.82, 2.24) is 0 Å². The first-order valence-corrected chi connectivity index (χ1v) is 6.60. The molecule has 0 fully saturated rings. The van der Waals surface area contributed by atoms with E-state index in [-0.39, 0.29) is 0 Å². The van der Waals surface area contributed by atoms with Gasteiger partial charge in [0.15, 0.2) is 0 Å². The normalized spacial score (nSPS) is 11.1. The highest BCUT2D eigenvalue weighted by Crippen LogP contribution is 2.29. The van der Waals surface area contributed by atoms with Crippen molar-refractivity contribution >= 4 is 53.4 Å². The number of hydrogen-bond acceptors (Lipinski definition) is 0. The van der Waals surface area contributed by atoms with E-state index in [4.69, 9.17) is 0 Å². The lowest BCUT2D eigenvalue weighted by molar-refractivity contribution is 1.70. The minimum atomic E-state index is 1.12. The van der Waals surface area contributed by atoms with E-state index in [9.17, 15) is 0 Å². The molecule has 0 spiro atoms. The Hall–Kier alpha value is -0.860. The van der Waals surface area contributed by atoms with Gasteiger partial charge in [0.2, 0.25) is 0 Å². The molecule has 0 nitrogen and oxygen atoms in total. The molecule has 0 aliphatic heterocycles. The highest BCUT2D eigenvalue weighted by atomic mass is 79.9. The summed E-state index contributed by atoms with van der Waals surface area (Å²) in [7, 11) is 0. The molecule has 3 rings (SSSR count). The molecule has 16 heavy (non-hydrogen) atoms. The molecular weight excluding hydrogens is 328 g/mol. The summed E-state index contributed by atoms with van der Waals surface area (Å²) in [6.45, 7) is 0. The van der Waals surface area contributed by atoms with E-state index in [1.165, 1.54) is 21.5 Å². The third-order valence-electron chi connectivity index (χ3n) is 2.76. The van der Waals surface area contributed by atoms with Crippen LogP contribution in [-0.4, -0.2) is 0 Å². The lowest BCUT2D eigenvalue weighted by Gasteiger charge is -2.05. The summed E-state index contributed by atoms with van der Waals surface area (Å²) in [5.41, 5.74) is 0. The molecule has 0 N–H and O–H groups in total. The zero-order chi connectivity index (χ0) is 11.1. The van der Waals surface area contributed by atoms with Gasteiger partial charge in [-0.2, -0.15) is 0 Å². The molecule has 0 saturated carbocycles. The first kappa shape index (κ1) is 10.3. The number of fused-ring (bicyclic) bond motifs is 3. The van der Waals surface area contributed by atoms with Crippen LogP contribution >= 0.6 is 31.9 Å². The quantitative estimate of drug-likeness (QED) is 0.474. The predicted molar refractivity (Wildman–Crippen MR) is 76.9 cm³/mol. The Labute approximate surface area is 111 Å². The predicted octanol–water partition coefficient (Wildman–Crippen LogP) is 5.52. The summed E-state index contributed by atoms with van der Waals surface area (Å²) in [5, 5.41) is 5.11. The van der Waals surface area contributed by atoms with Crippen LogP contribution in [0.15, 0.2) is 57.5 Å². The fourth-order valence-electron chi connectivity index (χ4n) is 1.99. The first-order chi connectivity index (χ1) is 7.74. The van der Waals surface area contributed by atoms with Gasteiger partial charge in [-0.3, -0.25) is 0 Å². The summed E-state index contributed by atoms with van der Waals surface area (Å²) in [4.78, 5) is 0. The molecule has 0 aliphatic rings. The Morgan fingerprint density at radius 3 is 1.38 bits per heavy atom. The largest absolute Gasteiger partial charge is 0.0537 e. The Morgan fingerprint density at radius 1 is 0.562 bits per heavy atom. The monoisotopic (exact) mass is 334 g/mol. The highest BCUT2D eigenvalue weighted by Gasteiger charge is 2.01. The molecule has 3 aromatic carbocycles. The maximum absolute atomic E-state index is 3.52. The summed E-state index contributed by atoms with van der Waals surface area (Å²) >= 11 is 7.05. The lowest BCUT2D eigenvalue weighted by atomic mass is 10.0. The van der Waals surface area contributed by atoms with Gasteiger partial charge < -0.3 is 0 Å². The minimum absolute atomic E-state index is 1.12. The van der Waals surface area contributed by atoms with Crippen LogP contribution in [0.25, 0.3) is 21.5 Å². The molecule has 0 radical (unpaired) electrons. The minimum Gasteiger partial charge on any atom is -0.0537 e. The standard InChI is InChI=1S/C14H8Br2/c15-11-5-3-9-1-2-10-4-6-12(16)8-14(10)13(9)7-11/h1-8H. The van der Waals surface area contributed by atoms with Crippen molar-refractivity contribution in [1.29, 1.82) is 0 Å². The Balaban J connectivity index is 2.55. The van der Waals surface area contributed by atoms with Gasteiger partial charge in [0.1, 0.15) is 0 Å². The average molecular weight is 336 g/mol. The van der Waals surface area contributed by atoms with Crippen LogP contribution in [0.1, 0.15) is 0 Å². The van der Waals surface area contributed by atoms with Gasteiger partial charge in [-0.15, -0.1) is 0 Å². The Bertz CT molecular complexity index is 626. The van der Waals surface area contributed by atoms with E-state index in [1.54, 1.807) is 0 Å². The van der Waals surface area contributed by atoms with Crippen molar-refractivity contribution in [3.05, 3.63) is 57.5 Å². The van der Waals surface area contributed by atoms with E-state index in [1.807, 2.05) is 0 Å². The summed E-state index contributed by atoms with van der Waals surface area (Å²) in [5.74, 6) is 0. The molecular formula is C14H8Br2. The van der Waals surface area contributed by atoms with Gasteiger partial charge in [0, 0.05) is 8.95 Å². The van der Waals surface area contributed by atoms with E-state index in [2.05, 4.69) is 80.4 Å². The number of rotatable bonds is 0. The second-order valence-corrected chi connectivity index (χ2v) is 5.63. The molecule has 0 aliphatic carbocycles. The zero-order valence-corrected chi connectivity index (χ0v) is 11.5. The third kappa shape index (κ3) is 1.66. The SMILES string of the molecule is Brc1ccc2ccc3ccc(Br)cc3c2c1. The number of benzene rings is 3. The molecule has 0 amide bonds. The van der Waals surface area contributed by atoms with Crippen molar-refractivity contribution in [2.24, 2.45) is 0 Å². The number of hydrogen-bond donors (Lipinski definition) is 0. The van der Waals surface area contributed by atoms with E-state index in [0.29, 0.717) is 0 Å². The lowest BCUT2D eigenvalue weighted by Crippen LogP contribution is -1.78. The summed E-state index contributed by atoms with van der Waals surface area (Å²) in [6.07, 6.45) is 0. The maximum Gasteiger partial charge on any atom is 0.0181 e. The molecule has 78 valence electrons. The van der Waals surface area contributed by atoms with Gasteiger partial charge in [0.05, 0.1) is 0 Å². The smallest absolute Gasteiger partial charge is 0.0181 e. The van der Waals surface area contributed by atoms with Crippen LogP contribution in [0.3, 0.4) is 0 Å². The maximum atomic E-state index is 3.52. The third-order valence-corrected chi connectivity index (χ3v) is 3.75. The fraction of sp³-hybridized carbons (Fsp3) is 0. The van der Waals surface area contributed by atoms with Gasteiger partial charge in [-0.05, 0) is 45.8 Å². The van der Waals surface area contributed by atoms with Gasteiger partial charge in [-0.25, -0.2) is 0 Å². The van der Waals surface area contributed by atoms with Crippen LogP contribution in [0.5, 0.6) is 0 Å². The van der Waals surface area contributed by atoms with Gasteiger partial charge in [-0.1, -0.05) is 56.1 Å². The van der Waals surface area contributed by atoms with Crippen LogP contribution in [0.2, 0.25) is 0 Å². The summed E-state index contributed by atoms with van der Waals surface area (Å²) < 4.78 is 2.24. The Kier molecular flexibility index (Phi) is 2.49. The highest BCUT2D eigenvalue weighted by molar-refractivity contribution is 9.10. The van der Waals surface area contributed by atoms with Crippen LogP contribution in [0, 0.1) is 0 Å². The molecule has 0 unspecified atom stereocenters. The van der Waals surface area contributed by atoms with Crippen molar-refractivity contribution in [3.8, 4) is 0 Å². The first-order valence-electron chi connectivity index (χ1n) is 5.01. The topological polar surface area (TPSA) is 0 Å². The second-order valence-electron chi connectivity index (χ2n) is 3.80. The van der Waals surface area contributed by atoms with E-state index in [0.717, 1.165) is 8.95 Å². The fourth-order valence-corrected chi connectivity index (χ4v) is 2.72. The molecule has 2 heteroatoms. The molecule has 3 aromatic rings. The average Bonchev–Trinajstić information content (AvgIpc) is 2.29. The second kappa shape index (κ2) is 3.86. The van der Waals surface area contributed by atoms with E-state index < -0.39 is 0 Å². The van der Waals surface area contributed by atoms with Crippen LogP contribution in [0.4, 0.5) is 0 Å².